The molecule has 2 amide bonds. The van der Waals surface area contributed by atoms with Crippen molar-refractivity contribution < 1.29 is 37.0 Å². The third-order valence-electron chi connectivity index (χ3n) is 5.83. The standard InChI is InChI=1S/C29H37ClF3N7O5/c1-4-43-27(42)40(12-5-13-44-23-11-6-19(15-34)14-22(23)30)17-28(2,3)16-37-24(41)20-7-9-21(10-8-20)38-25(35)39-26(36)45-18-29(31,32)33/h4,6-11,14H,1,5,12-13,15-18,34H2,2-3H3,(H,37,41)(H4,35,36,38,39). The summed E-state index contributed by atoms with van der Waals surface area (Å²) in [7, 11) is 0. The van der Waals surface area contributed by atoms with Crippen LogP contribution in [-0.2, 0) is 16.0 Å². The summed E-state index contributed by atoms with van der Waals surface area (Å²) in [5.74, 6) is -0.321. The van der Waals surface area contributed by atoms with Gasteiger partial charge in [0, 0.05) is 31.7 Å². The van der Waals surface area contributed by atoms with Crippen molar-refractivity contribution in [1.29, 1.82) is 0 Å². The van der Waals surface area contributed by atoms with Crippen LogP contribution in [-0.4, -0.2) is 67.9 Å². The van der Waals surface area contributed by atoms with Gasteiger partial charge >= 0.3 is 12.3 Å². The Hall–Kier alpha value is -4.50. The summed E-state index contributed by atoms with van der Waals surface area (Å²) in [5, 5.41) is 3.28. The molecule has 45 heavy (non-hydrogen) atoms. The smallest absolute Gasteiger partial charge is 0.422 e. The third kappa shape index (κ3) is 13.8. The molecule has 7 N–H and O–H groups in total. The lowest BCUT2D eigenvalue weighted by Crippen LogP contribution is -2.45. The number of rotatable bonds is 14. The summed E-state index contributed by atoms with van der Waals surface area (Å²) in [4.78, 5) is 34.2. The van der Waals surface area contributed by atoms with Gasteiger partial charge in [-0.15, -0.1) is 0 Å². The zero-order valence-electron chi connectivity index (χ0n) is 24.9. The van der Waals surface area contributed by atoms with Crippen LogP contribution in [0.25, 0.3) is 0 Å². The highest BCUT2D eigenvalue weighted by molar-refractivity contribution is 6.32. The van der Waals surface area contributed by atoms with Gasteiger partial charge in [0.2, 0.25) is 5.96 Å². The van der Waals surface area contributed by atoms with Gasteiger partial charge in [0.1, 0.15) is 5.75 Å². The molecular formula is C29H37ClF3N7O5. The molecule has 246 valence electrons. The Kier molecular flexibility index (Phi) is 13.9. The number of nitrogens with zero attached hydrogens (tertiary/aromatic N) is 3. The lowest BCUT2D eigenvalue weighted by Gasteiger charge is -2.32. The van der Waals surface area contributed by atoms with Crippen LogP contribution in [0.5, 0.6) is 5.75 Å². The van der Waals surface area contributed by atoms with Crippen LogP contribution in [0.4, 0.5) is 23.7 Å². The number of guanidine groups is 1. The van der Waals surface area contributed by atoms with E-state index in [0.717, 1.165) is 11.8 Å². The molecule has 2 aromatic carbocycles. The second kappa shape index (κ2) is 17.1. The van der Waals surface area contributed by atoms with Gasteiger partial charge in [0.05, 0.1) is 23.6 Å². The van der Waals surface area contributed by atoms with Crippen LogP contribution in [0, 0.1) is 5.41 Å². The average molecular weight is 656 g/mol. The van der Waals surface area contributed by atoms with Crippen molar-refractivity contribution in [2.24, 2.45) is 32.6 Å². The molecule has 0 fully saturated rings. The fraction of sp³-hybridized carbons (Fsp3) is 0.379. The van der Waals surface area contributed by atoms with Crippen LogP contribution in [0.2, 0.25) is 5.02 Å². The topological polar surface area (TPSA) is 180 Å². The first kappa shape index (κ1) is 36.7. The van der Waals surface area contributed by atoms with Gasteiger partial charge in [-0.1, -0.05) is 38.1 Å². The highest BCUT2D eigenvalue weighted by atomic mass is 35.5. The SMILES string of the molecule is C=COC(=O)N(CCCOc1ccc(CN)cc1Cl)CC(C)(C)CNC(=O)c1ccc(N=C(N)N=C(N)OCC(F)(F)F)cc1. The number of amidine groups is 1. The molecular weight excluding hydrogens is 619 g/mol. The van der Waals surface area contributed by atoms with Gasteiger partial charge < -0.3 is 41.6 Å². The normalized spacial score (nSPS) is 12.3. The van der Waals surface area contributed by atoms with Crippen molar-refractivity contribution in [2.45, 2.75) is 33.0 Å². The maximum Gasteiger partial charge on any atom is 0.422 e. The number of nitrogens with two attached hydrogens (primary N) is 3. The number of hydrogen-bond donors (Lipinski definition) is 4. The first-order valence-corrected chi connectivity index (χ1v) is 13.9. The number of aliphatic imine (C=N–C) groups is 2. The molecule has 0 atom stereocenters. The number of benzene rings is 2. The van der Waals surface area contributed by atoms with Crippen molar-refractivity contribution in [3.05, 3.63) is 71.5 Å². The quantitative estimate of drug-likeness (QED) is 0.0997. The van der Waals surface area contributed by atoms with Gasteiger partial charge in [-0.3, -0.25) is 4.79 Å². The van der Waals surface area contributed by atoms with Crippen molar-refractivity contribution in [1.82, 2.24) is 10.2 Å². The third-order valence-corrected chi connectivity index (χ3v) is 6.13. The Balaban J connectivity index is 1.93. The number of alkyl halides is 3. The summed E-state index contributed by atoms with van der Waals surface area (Å²) in [6.45, 7) is 6.97. The Morgan fingerprint density at radius 2 is 1.82 bits per heavy atom. The van der Waals surface area contributed by atoms with E-state index in [9.17, 15) is 22.8 Å². The van der Waals surface area contributed by atoms with E-state index in [4.69, 9.17) is 38.3 Å². The first-order valence-electron chi connectivity index (χ1n) is 13.6. The second-order valence-electron chi connectivity index (χ2n) is 10.4. The largest absolute Gasteiger partial charge is 0.492 e. The monoisotopic (exact) mass is 655 g/mol. The molecule has 0 saturated carbocycles. The van der Waals surface area contributed by atoms with Crippen LogP contribution in [0.3, 0.4) is 0 Å². The Labute approximate surface area is 264 Å². The van der Waals surface area contributed by atoms with E-state index >= 15 is 0 Å². The van der Waals surface area contributed by atoms with E-state index in [2.05, 4.69) is 26.6 Å². The lowest BCUT2D eigenvalue weighted by molar-refractivity contribution is -0.156. The molecule has 0 saturated heterocycles. The maximum atomic E-state index is 12.8. The van der Waals surface area contributed by atoms with Crippen molar-refractivity contribution in [3.8, 4) is 5.75 Å². The summed E-state index contributed by atoms with van der Waals surface area (Å²) in [6.07, 6.45) is -3.66. The minimum absolute atomic E-state index is 0.210. The summed E-state index contributed by atoms with van der Waals surface area (Å²) in [5.41, 5.74) is 17.4. The molecule has 2 rings (SSSR count). The molecule has 0 aliphatic carbocycles. The minimum atomic E-state index is -4.58. The summed E-state index contributed by atoms with van der Waals surface area (Å²) >= 11 is 6.24. The molecule has 0 unspecified atom stereocenters. The fourth-order valence-corrected chi connectivity index (χ4v) is 4.00. The molecule has 0 spiro atoms. The summed E-state index contributed by atoms with van der Waals surface area (Å²) in [6, 6.07) is 10.4. The molecule has 0 aliphatic heterocycles. The molecule has 0 heterocycles. The number of halogens is 4. The summed E-state index contributed by atoms with van der Waals surface area (Å²) < 4.78 is 51.6. The molecule has 2 aromatic rings. The molecule has 0 aliphatic rings. The van der Waals surface area contributed by atoms with Crippen molar-refractivity contribution in [2.75, 3.05) is 32.8 Å². The number of carbonyl (C=O) groups is 2. The minimum Gasteiger partial charge on any atom is -0.492 e. The Morgan fingerprint density at radius 3 is 2.42 bits per heavy atom. The average Bonchev–Trinajstić information content (AvgIpc) is 2.97. The van der Waals surface area contributed by atoms with Gasteiger partial charge in [-0.2, -0.15) is 18.2 Å². The predicted molar refractivity (Wildman–Crippen MR) is 165 cm³/mol. The van der Waals surface area contributed by atoms with E-state index in [1.807, 2.05) is 19.9 Å². The number of amides is 2. The fourth-order valence-electron chi connectivity index (χ4n) is 3.75. The molecule has 0 radical (unpaired) electrons. The van der Waals surface area contributed by atoms with E-state index in [1.165, 1.54) is 29.2 Å². The van der Waals surface area contributed by atoms with E-state index in [-0.39, 0.29) is 31.3 Å². The molecule has 12 nitrogen and oxygen atoms in total. The van der Waals surface area contributed by atoms with Gasteiger partial charge in [-0.05, 0) is 53.8 Å². The van der Waals surface area contributed by atoms with Gasteiger partial charge in [0.25, 0.3) is 11.9 Å². The highest BCUT2D eigenvalue weighted by Gasteiger charge is 2.29. The predicted octanol–water partition coefficient (Wildman–Crippen LogP) is 4.45. The Bertz CT molecular complexity index is 1370. The van der Waals surface area contributed by atoms with Crippen molar-refractivity contribution in [3.63, 3.8) is 0 Å². The van der Waals surface area contributed by atoms with Crippen LogP contribution >= 0.6 is 11.6 Å². The zero-order valence-corrected chi connectivity index (χ0v) is 25.7. The highest BCUT2D eigenvalue weighted by Crippen LogP contribution is 2.26. The van der Waals surface area contributed by atoms with E-state index < -0.39 is 36.3 Å². The van der Waals surface area contributed by atoms with Crippen LogP contribution in [0.1, 0.15) is 36.2 Å². The molecule has 16 heteroatoms. The lowest BCUT2D eigenvalue weighted by atomic mass is 9.92. The Morgan fingerprint density at radius 1 is 1.13 bits per heavy atom. The maximum absolute atomic E-state index is 12.8. The number of ether oxygens (including phenoxy) is 3. The first-order chi connectivity index (χ1) is 21.1. The van der Waals surface area contributed by atoms with Crippen molar-refractivity contribution >= 4 is 41.3 Å². The number of carbonyl (C=O) groups excluding carboxylic acids is 2. The van der Waals surface area contributed by atoms with Crippen LogP contribution in [0.15, 0.2) is 65.3 Å². The van der Waals surface area contributed by atoms with Gasteiger partial charge in [0.15, 0.2) is 6.61 Å². The molecule has 0 aromatic heterocycles. The van der Waals surface area contributed by atoms with E-state index in [1.54, 1.807) is 12.1 Å². The number of nitrogens with one attached hydrogen (secondary N) is 1. The second-order valence-corrected chi connectivity index (χ2v) is 10.8. The van der Waals surface area contributed by atoms with Crippen LogP contribution < -0.4 is 27.3 Å². The number of hydrogen-bond acceptors (Lipinski definition) is 7. The van der Waals surface area contributed by atoms with Gasteiger partial charge in [-0.25, -0.2) is 9.79 Å². The molecule has 0 bridgehead atoms. The zero-order chi connectivity index (χ0) is 33.6. The van der Waals surface area contributed by atoms with E-state index in [0.29, 0.717) is 35.8 Å².